The van der Waals surface area contributed by atoms with Gasteiger partial charge in [-0.25, -0.2) is 0 Å². The molecule has 0 saturated carbocycles. The fraction of sp³-hybridized carbons (Fsp3) is 0.625. The SMILES string of the molecule is CC(C)NCc1cccc(Cl)c1N1CCSC(C)C1C. The Morgan fingerprint density at radius 1 is 1.40 bits per heavy atom. The molecule has 0 bridgehead atoms. The van der Waals surface area contributed by atoms with Gasteiger partial charge >= 0.3 is 0 Å². The second-order valence-corrected chi connectivity index (χ2v) is 7.69. The van der Waals surface area contributed by atoms with E-state index in [1.165, 1.54) is 17.0 Å². The molecule has 1 aromatic carbocycles. The van der Waals surface area contributed by atoms with Crippen molar-refractivity contribution in [2.45, 2.75) is 51.6 Å². The fourth-order valence-corrected chi connectivity index (χ4v) is 3.99. The summed E-state index contributed by atoms with van der Waals surface area (Å²) in [5.41, 5.74) is 2.53. The zero-order valence-corrected chi connectivity index (χ0v) is 14.4. The van der Waals surface area contributed by atoms with E-state index in [-0.39, 0.29) is 0 Å². The summed E-state index contributed by atoms with van der Waals surface area (Å²) in [5, 5.41) is 5.02. The summed E-state index contributed by atoms with van der Waals surface area (Å²) in [6.07, 6.45) is 0. The van der Waals surface area contributed by atoms with Gasteiger partial charge in [-0.15, -0.1) is 0 Å². The fourth-order valence-electron chi connectivity index (χ4n) is 2.59. The van der Waals surface area contributed by atoms with Gasteiger partial charge in [-0.05, 0) is 18.6 Å². The molecule has 1 fully saturated rings. The van der Waals surface area contributed by atoms with E-state index in [9.17, 15) is 0 Å². The van der Waals surface area contributed by atoms with Gasteiger partial charge < -0.3 is 10.2 Å². The Labute approximate surface area is 132 Å². The number of anilines is 1. The van der Waals surface area contributed by atoms with E-state index in [0.29, 0.717) is 17.3 Å². The number of benzene rings is 1. The van der Waals surface area contributed by atoms with E-state index < -0.39 is 0 Å². The molecule has 20 heavy (non-hydrogen) atoms. The molecule has 1 aliphatic rings. The minimum atomic E-state index is 0.482. The lowest BCUT2D eigenvalue weighted by Crippen LogP contribution is -2.45. The number of nitrogens with one attached hydrogen (secondary N) is 1. The molecule has 1 saturated heterocycles. The minimum absolute atomic E-state index is 0.482. The van der Waals surface area contributed by atoms with E-state index in [1.807, 2.05) is 6.07 Å². The van der Waals surface area contributed by atoms with Gasteiger partial charge in [0, 0.05) is 36.2 Å². The molecule has 0 aromatic heterocycles. The quantitative estimate of drug-likeness (QED) is 0.898. The summed E-state index contributed by atoms with van der Waals surface area (Å²) < 4.78 is 0. The molecule has 1 aliphatic heterocycles. The van der Waals surface area contributed by atoms with Gasteiger partial charge in [0.25, 0.3) is 0 Å². The van der Waals surface area contributed by atoms with Crippen LogP contribution in [0.1, 0.15) is 33.3 Å². The van der Waals surface area contributed by atoms with Crippen LogP contribution < -0.4 is 10.2 Å². The van der Waals surface area contributed by atoms with Crippen LogP contribution in [0.15, 0.2) is 18.2 Å². The molecule has 1 heterocycles. The predicted octanol–water partition coefficient (Wildman–Crippen LogP) is 4.17. The summed E-state index contributed by atoms with van der Waals surface area (Å²) in [4.78, 5) is 2.49. The third-order valence-corrected chi connectivity index (χ3v) is 5.59. The van der Waals surface area contributed by atoms with E-state index in [2.05, 4.69) is 61.8 Å². The standard InChI is InChI=1S/C16H25ClN2S/c1-11(2)18-10-14-6-5-7-15(17)16(14)19-8-9-20-13(4)12(19)3/h5-7,11-13,18H,8-10H2,1-4H3. The van der Waals surface area contributed by atoms with Crippen LogP contribution in [0.2, 0.25) is 5.02 Å². The summed E-state index contributed by atoms with van der Waals surface area (Å²) >= 11 is 8.57. The monoisotopic (exact) mass is 312 g/mol. The lowest BCUT2D eigenvalue weighted by Gasteiger charge is -2.40. The zero-order valence-electron chi connectivity index (χ0n) is 12.8. The summed E-state index contributed by atoms with van der Waals surface area (Å²) in [5.74, 6) is 1.17. The van der Waals surface area contributed by atoms with Gasteiger partial charge in [0.2, 0.25) is 0 Å². The molecule has 2 rings (SSSR count). The molecule has 0 amide bonds. The third-order valence-electron chi connectivity index (χ3n) is 3.94. The van der Waals surface area contributed by atoms with Crippen molar-refractivity contribution in [3.8, 4) is 0 Å². The first-order chi connectivity index (χ1) is 9.50. The number of rotatable bonds is 4. The van der Waals surface area contributed by atoms with Gasteiger partial charge in [-0.2, -0.15) is 11.8 Å². The number of hydrogen-bond donors (Lipinski definition) is 1. The number of para-hydroxylation sites is 1. The highest BCUT2D eigenvalue weighted by Crippen LogP contribution is 2.36. The molecule has 2 unspecified atom stereocenters. The highest BCUT2D eigenvalue weighted by Gasteiger charge is 2.28. The molecular weight excluding hydrogens is 288 g/mol. The van der Waals surface area contributed by atoms with Crippen LogP contribution in [0.4, 0.5) is 5.69 Å². The summed E-state index contributed by atoms with van der Waals surface area (Å²) in [7, 11) is 0. The van der Waals surface area contributed by atoms with Crippen molar-refractivity contribution in [3.63, 3.8) is 0 Å². The number of nitrogens with zero attached hydrogens (tertiary/aromatic N) is 1. The van der Waals surface area contributed by atoms with E-state index >= 15 is 0 Å². The van der Waals surface area contributed by atoms with E-state index in [0.717, 1.165) is 18.1 Å². The average Bonchev–Trinajstić information content (AvgIpc) is 2.40. The summed E-state index contributed by atoms with van der Waals surface area (Å²) in [6, 6.07) is 7.25. The largest absolute Gasteiger partial charge is 0.365 e. The van der Waals surface area contributed by atoms with Crippen molar-refractivity contribution in [2.24, 2.45) is 0 Å². The van der Waals surface area contributed by atoms with Crippen molar-refractivity contribution < 1.29 is 0 Å². The van der Waals surface area contributed by atoms with Crippen LogP contribution in [-0.2, 0) is 6.54 Å². The van der Waals surface area contributed by atoms with Crippen molar-refractivity contribution in [1.29, 1.82) is 0 Å². The third kappa shape index (κ3) is 3.63. The maximum absolute atomic E-state index is 6.51. The first kappa shape index (κ1) is 16.0. The van der Waals surface area contributed by atoms with Crippen LogP contribution in [0.5, 0.6) is 0 Å². The molecule has 1 N–H and O–H groups in total. The summed E-state index contributed by atoms with van der Waals surface area (Å²) in [6.45, 7) is 10.9. The van der Waals surface area contributed by atoms with Crippen molar-refractivity contribution >= 4 is 29.1 Å². The molecule has 0 aliphatic carbocycles. The molecule has 0 radical (unpaired) electrons. The second-order valence-electron chi connectivity index (χ2n) is 5.79. The predicted molar refractivity (Wildman–Crippen MR) is 92.2 cm³/mol. The maximum atomic E-state index is 6.51. The second kappa shape index (κ2) is 7.06. The number of halogens is 1. The molecule has 112 valence electrons. The lowest BCUT2D eigenvalue weighted by molar-refractivity contribution is 0.581. The average molecular weight is 313 g/mol. The first-order valence-corrected chi connectivity index (χ1v) is 8.82. The molecule has 1 aromatic rings. The first-order valence-electron chi connectivity index (χ1n) is 7.39. The lowest BCUT2D eigenvalue weighted by atomic mass is 10.1. The molecule has 0 spiro atoms. The number of thioether (sulfide) groups is 1. The van der Waals surface area contributed by atoms with Crippen LogP contribution >= 0.6 is 23.4 Å². The normalized spacial score (nSPS) is 23.4. The Morgan fingerprint density at radius 3 is 2.85 bits per heavy atom. The van der Waals surface area contributed by atoms with Crippen molar-refractivity contribution in [3.05, 3.63) is 28.8 Å². The van der Waals surface area contributed by atoms with Crippen molar-refractivity contribution in [2.75, 3.05) is 17.2 Å². The Morgan fingerprint density at radius 2 is 2.15 bits per heavy atom. The van der Waals surface area contributed by atoms with E-state index in [1.54, 1.807) is 0 Å². The topological polar surface area (TPSA) is 15.3 Å². The zero-order chi connectivity index (χ0) is 14.7. The van der Waals surface area contributed by atoms with Crippen LogP contribution in [0.25, 0.3) is 0 Å². The molecule has 2 nitrogen and oxygen atoms in total. The Kier molecular flexibility index (Phi) is 5.65. The Bertz CT molecular complexity index is 450. The van der Waals surface area contributed by atoms with Gasteiger partial charge in [0.15, 0.2) is 0 Å². The molecule has 4 heteroatoms. The smallest absolute Gasteiger partial charge is 0.0643 e. The van der Waals surface area contributed by atoms with Crippen molar-refractivity contribution in [1.82, 2.24) is 5.32 Å². The highest BCUT2D eigenvalue weighted by atomic mass is 35.5. The van der Waals surface area contributed by atoms with Gasteiger partial charge in [0.1, 0.15) is 0 Å². The van der Waals surface area contributed by atoms with Crippen LogP contribution in [-0.4, -0.2) is 29.6 Å². The van der Waals surface area contributed by atoms with Gasteiger partial charge in [0.05, 0.1) is 10.7 Å². The maximum Gasteiger partial charge on any atom is 0.0643 e. The van der Waals surface area contributed by atoms with E-state index in [4.69, 9.17) is 11.6 Å². The highest BCUT2D eigenvalue weighted by molar-refractivity contribution is 8.00. The van der Waals surface area contributed by atoms with Crippen LogP contribution in [0.3, 0.4) is 0 Å². The van der Waals surface area contributed by atoms with Gasteiger partial charge in [-0.1, -0.05) is 44.5 Å². The Balaban J connectivity index is 2.29. The molecule has 2 atom stereocenters. The number of hydrogen-bond acceptors (Lipinski definition) is 3. The minimum Gasteiger partial charge on any atom is -0.365 e. The molecular formula is C16H25ClN2S. The van der Waals surface area contributed by atoms with Crippen LogP contribution in [0, 0.1) is 0 Å². The van der Waals surface area contributed by atoms with Gasteiger partial charge in [-0.3, -0.25) is 0 Å². The Hall–Kier alpha value is -0.380.